The molecule has 0 saturated heterocycles. The molecule has 10 heteroatoms. The predicted octanol–water partition coefficient (Wildman–Crippen LogP) is 3.52. The number of amides is 1. The monoisotopic (exact) mass is 380 g/mol. The molecule has 0 unspecified atom stereocenters. The van der Waals surface area contributed by atoms with Gasteiger partial charge < -0.3 is 19.9 Å². The van der Waals surface area contributed by atoms with Gasteiger partial charge in [0.25, 0.3) is 0 Å². The number of rotatable bonds is 6. The van der Waals surface area contributed by atoms with Crippen molar-refractivity contribution >= 4 is 28.7 Å². The number of aromatic nitrogens is 4. The highest BCUT2D eigenvalue weighted by molar-refractivity contribution is 5.98. The van der Waals surface area contributed by atoms with Gasteiger partial charge in [-0.05, 0) is 30.3 Å². The van der Waals surface area contributed by atoms with Crippen molar-refractivity contribution in [2.24, 2.45) is 0 Å². The Kier molecular flexibility index (Phi) is 4.42. The standard InChI is InChI=1S/C18H13FN6O3/c1-2-16(26)21-11-5-6-13(19)15(8-11)28-17-14-4-3-7-25(14)24-18(23-17)22-12-9-20-27-10-12/h2-10H,1H2,(H,21,26)(H,22,24). The van der Waals surface area contributed by atoms with Crippen molar-refractivity contribution in [3.8, 4) is 11.6 Å². The summed E-state index contributed by atoms with van der Waals surface area (Å²) in [7, 11) is 0. The van der Waals surface area contributed by atoms with Gasteiger partial charge in [0, 0.05) is 18.0 Å². The third kappa shape index (κ3) is 3.51. The van der Waals surface area contributed by atoms with E-state index in [0.29, 0.717) is 16.9 Å². The van der Waals surface area contributed by atoms with Crippen LogP contribution in [0.25, 0.3) is 5.52 Å². The second kappa shape index (κ2) is 7.19. The summed E-state index contributed by atoms with van der Waals surface area (Å²) >= 11 is 0. The van der Waals surface area contributed by atoms with Crippen LogP contribution in [0.15, 0.2) is 66.2 Å². The van der Waals surface area contributed by atoms with E-state index in [4.69, 9.17) is 9.26 Å². The summed E-state index contributed by atoms with van der Waals surface area (Å²) in [6, 6.07) is 7.42. The van der Waals surface area contributed by atoms with Crippen molar-refractivity contribution in [2.75, 3.05) is 10.6 Å². The van der Waals surface area contributed by atoms with Crippen LogP contribution in [0.3, 0.4) is 0 Å². The molecule has 1 aromatic carbocycles. The largest absolute Gasteiger partial charge is 0.434 e. The molecule has 0 radical (unpaired) electrons. The highest BCUT2D eigenvalue weighted by atomic mass is 19.1. The van der Waals surface area contributed by atoms with Crippen LogP contribution in [0, 0.1) is 5.82 Å². The highest BCUT2D eigenvalue weighted by Crippen LogP contribution is 2.30. The molecule has 3 heterocycles. The Hall–Kier alpha value is -4.21. The molecule has 0 fully saturated rings. The van der Waals surface area contributed by atoms with Crippen molar-refractivity contribution in [1.82, 2.24) is 19.8 Å². The molecule has 0 aliphatic rings. The van der Waals surface area contributed by atoms with E-state index in [1.54, 1.807) is 18.3 Å². The lowest BCUT2D eigenvalue weighted by Crippen LogP contribution is -2.07. The topological polar surface area (TPSA) is 107 Å². The summed E-state index contributed by atoms with van der Waals surface area (Å²) < 4.78 is 26.2. The fourth-order valence-electron chi connectivity index (χ4n) is 2.39. The van der Waals surface area contributed by atoms with E-state index >= 15 is 0 Å². The van der Waals surface area contributed by atoms with E-state index in [-0.39, 0.29) is 17.6 Å². The van der Waals surface area contributed by atoms with Crippen LogP contribution in [0.5, 0.6) is 11.6 Å². The molecule has 0 spiro atoms. The number of fused-ring (bicyclic) bond motifs is 1. The second-order valence-electron chi connectivity index (χ2n) is 5.56. The van der Waals surface area contributed by atoms with Gasteiger partial charge in [0.15, 0.2) is 11.6 Å². The van der Waals surface area contributed by atoms with E-state index in [9.17, 15) is 9.18 Å². The molecular weight excluding hydrogens is 367 g/mol. The van der Waals surface area contributed by atoms with Gasteiger partial charge in [0.2, 0.25) is 17.7 Å². The molecule has 2 N–H and O–H groups in total. The molecule has 3 aromatic heterocycles. The second-order valence-corrected chi connectivity index (χ2v) is 5.56. The first-order chi connectivity index (χ1) is 13.6. The zero-order valence-corrected chi connectivity index (χ0v) is 14.3. The van der Waals surface area contributed by atoms with Gasteiger partial charge in [-0.25, -0.2) is 8.91 Å². The molecular formula is C18H13FN6O3. The molecule has 0 saturated carbocycles. The summed E-state index contributed by atoms with van der Waals surface area (Å²) in [5.74, 6) is -0.842. The Bertz CT molecular complexity index is 1160. The van der Waals surface area contributed by atoms with Crippen molar-refractivity contribution in [2.45, 2.75) is 0 Å². The maximum atomic E-state index is 14.3. The minimum Gasteiger partial charge on any atom is -0.434 e. The number of benzene rings is 1. The van der Waals surface area contributed by atoms with Gasteiger partial charge in [0.05, 0.1) is 6.20 Å². The molecule has 9 nitrogen and oxygen atoms in total. The minimum atomic E-state index is -0.617. The van der Waals surface area contributed by atoms with Gasteiger partial charge in [-0.1, -0.05) is 11.7 Å². The number of carbonyl (C=O) groups is 1. The van der Waals surface area contributed by atoms with Crippen molar-refractivity contribution < 1.29 is 18.4 Å². The lowest BCUT2D eigenvalue weighted by atomic mass is 10.3. The maximum Gasteiger partial charge on any atom is 0.248 e. The summed E-state index contributed by atoms with van der Waals surface area (Å²) in [5, 5.41) is 13.3. The third-order valence-electron chi connectivity index (χ3n) is 3.64. The SMILES string of the molecule is C=CC(=O)Nc1ccc(F)c(Oc2nc(Nc3cnoc3)nn3cccc23)c1. The van der Waals surface area contributed by atoms with Crippen LogP contribution >= 0.6 is 0 Å². The number of anilines is 3. The van der Waals surface area contributed by atoms with Crippen LogP contribution in [0.2, 0.25) is 0 Å². The normalized spacial score (nSPS) is 10.6. The Morgan fingerprint density at radius 3 is 3.00 bits per heavy atom. The Morgan fingerprint density at radius 1 is 1.32 bits per heavy atom. The van der Waals surface area contributed by atoms with Gasteiger partial charge >= 0.3 is 0 Å². The zero-order chi connectivity index (χ0) is 19.5. The summed E-state index contributed by atoms with van der Waals surface area (Å²) in [4.78, 5) is 15.7. The van der Waals surface area contributed by atoms with Gasteiger partial charge in [-0.15, -0.1) is 5.10 Å². The van der Waals surface area contributed by atoms with Crippen molar-refractivity contribution in [3.63, 3.8) is 0 Å². The summed E-state index contributed by atoms with van der Waals surface area (Å²) in [5.41, 5.74) is 1.41. The van der Waals surface area contributed by atoms with Gasteiger partial charge in [-0.2, -0.15) is 4.98 Å². The summed E-state index contributed by atoms with van der Waals surface area (Å²) in [6.07, 6.45) is 5.64. The number of nitrogens with zero attached hydrogens (tertiary/aromatic N) is 4. The van der Waals surface area contributed by atoms with Crippen LogP contribution in [-0.2, 0) is 4.79 Å². The average molecular weight is 380 g/mol. The fourth-order valence-corrected chi connectivity index (χ4v) is 2.39. The molecule has 0 atom stereocenters. The first-order valence-corrected chi connectivity index (χ1v) is 8.05. The minimum absolute atomic E-state index is 0.111. The van der Waals surface area contributed by atoms with Crippen LogP contribution in [0.4, 0.5) is 21.7 Å². The first kappa shape index (κ1) is 17.2. The highest BCUT2D eigenvalue weighted by Gasteiger charge is 2.14. The van der Waals surface area contributed by atoms with E-state index in [1.807, 2.05) is 0 Å². The predicted molar refractivity (Wildman–Crippen MR) is 98.1 cm³/mol. The smallest absolute Gasteiger partial charge is 0.248 e. The Labute approximate surface area is 157 Å². The molecule has 0 aliphatic heterocycles. The number of ether oxygens (including phenoxy) is 1. The molecule has 0 aliphatic carbocycles. The van der Waals surface area contributed by atoms with Crippen LogP contribution in [-0.4, -0.2) is 25.7 Å². The number of hydrogen-bond acceptors (Lipinski definition) is 7. The molecule has 0 bridgehead atoms. The quantitative estimate of drug-likeness (QED) is 0.493. The molecule has 4 aromatic rings. The number of halogens is 1. The van der Waals surface area contributed by atoms with Crippen molar-refractivity contribution in [1.29, 1.82) is 0 Å². The van der Waals surface area contributed by atoms with Crippen LogP contribution in [0.1, 0.15) is 0 Å². The number of carbonyl (C=O) groups excluding carboxylic acids is 1. The Morgan fingerprint density at radius 2 is 2.21 bits per heavy atom. The number of nitrogens with one attached hydrogen (secondary N) is 2. The first-order valence-electron chi connectivity index (χ1n) is 8.05. The van der Waals surface area contributed by atoms with E-state index < -0.39 is 11.7 Å². The lowest BCUT2D eigenvalue weighted by molar-refractivity contribution is -0.111. The van der Waals surface area contributed by atoms with Crippen molar-refractivity contribution in [3.05, 3.63) is 67.5 Å². The molecule has 140 valence electrons. The van der Waals surface area contributed by atoms with E-state index in [2.05, 4.69) is 32.5 Å². The Balaban J connectivity index is 1.69. The molecule has 4 rings (SSSR count). The third-order valence-corrected chi connectivity index (χ3v) is 3.64. The lowest BCUT2D eigenvalue weighted by Gasteiger charge is -2.11. The average Bonchev–Trinajstić information content (AvgIpc) is 3.36. The van der Waals surface area contributed by atoms with Gasteiger partial charge in [-0.3, -0.25) is 4.79 Å². The fraction of sp³-hybridized carbons (Fsp3) is 0. The van der Waals surface area contributed by atoms with E-state index in [0.717, 1.165) is 6.08 Å². The summed E-state index contributed by atoms with van der Waals surface area (Å²) in [6.45, 7) is 3.38. The van der Waals surface area contributed by atoms with Gasteiger partial charge in [0.1, 0.15) is 17.5 Å². The number of hydrogen-bond donors (Lipinski definition) is 2. The zero-order valence-electron chi connectivity index (χ0n) is 14.3. The maximum absolute atomic E-state index is 14.3. The van der Waals surface area contributed by atoms with E-state index in [1.165, 1.54) is 35.2 Å². The van der Waals surface area contributed by atoms with Crippen LogP contribution < -0.4 is 15.4 Å². The molecule has 1 amide bonds. The molecule has 28 heavy (non-hydrogen) atoms.